The average Bonchev–Trinajstić information content (AvgIpc) is 1.64. The lowest BCUT2D eigenvalue weighted by Gasteiger charge is -2.08. The molecule has 16 rings (SSSR count). The minimum atomic E-state index is -4.48. The molecule has 4 aromatic heterocycles. The van der Waals surface area contributed by atoms with E-state index >= 15 is 0 Å². The fourth-order valence-corrected chi connectivity index (χ4v) is 12.1. The van der Waals surface area contributed by atoms with Crippen LogP contribution in [0.3, 0.4) is 0 Å². The highest BCUT2D eigenvalue weighted by atomic mass is 19.4. The van der Waals surface area contributed by atoms with Gasteiger partial charge in [0.15, 0.2) is 46.8 Å². The Morgan fingerprint density at radius 1 is 0.327 bits per heavy atom. The second kappa shape index (κ2) is 27.4. The molecule has 0 radical (unpaired) electrons. The maximum Gasteiger partial charge on any atom is 0.416 e. The zero-order valence-corrected chi connectivity index (χ0v) is 53.9. The first-order chi connectivity index (χ1) is 50.9. The Balaban J connectivity index is 0.000000126. The van der Waals surface area contributed by atoms with Crippen molar-refractivity contribution in [2.24, 2.45) is 20.0 Å². The SMILES string of the molecule is Cc1ccc(C2=NC(=O)c3c(-c4ccc(C(F)(F)F)cc4)[nH]c(O)c32)cc1.N#Cc1cccc(-c2[nH]c(O)c3c2C(=O)N=C3c2c(F)c(F)c(F)c(F)c2F)c1.N#Cc1cccc(-c2[nH]c(O)c3c2C(=O)N=C3c2ccc(C(F)(F)F)cc2)c1.O=C1N=C(c2ccc(F)cc2)c2c(O)[nH]c(-c3ccccc3)c21. The molecule has 4 aliphatic rings. The first-order valence-corrected chi connectivity index (χ1v) is 31.1. The summed E-state index contributed by atoms with van der Waals surface area (Å²) in [5, 5.41) is 59.2. The van der Waals surface area contributed by atoms with Crippen LogP contribution in [-0.4, -0.2) is 86.8 Å². The maximum atomic E-state index is 14.2. The first kappa shape index (κ1) is 71.0. The Morgan fingerprint density at radius 2 is 0.617 bits per heavy atom. The average molecular weight is 1460 g/mol. The molecular formula is C77H40F12N10O8. The van der Waals surface area contributed by atoms with Gasteiger partial charge in [0.05, 0.1) is 130 Å². The molecule has 4 aliphatic heterocycles. The van der Waals surface area contributed by atoms with E-state index in [-0.39, 0.29) is 85.1 Å². The molecule has 0 unspecified atom stereocenters. The zero-order valence-electron chi connectivity index (χ0n) is 53.9. The molecule has 0 fully saturated rings. The topological polar surface area (TPSA) is 309 Å². The standard InChI is InChI=1S/C20H10F3N3O2.C20H13F3N2O2.C19H6F5N3O2.C18H11FN2O2/c21-20(22,23)13-6-4-11(5-7-13)16-14-15(19(28)25-16)17(26-18(14)27)12-3-1-2-10(8-12)9-24;1-10-2-4-11(5-3-10)16-14-15(19(27)24-16)17(25-18(14)26)12-6-8-13(9-7-12)20(21,22)23;20-11-10(12(21)14(23)15(24)13(11)22)17-9-8(18(28)27-17)16(26-19(9)29)7-3-1-2-6(4-7)5-25;19-12-8-6-11(7-9-12)16-14-13(17(22)21-16)15(20-18(14)23)10-4-2-1-3-5-10/h1-8,26-27H;2-9,25-26H,1H3;1-4,26,29H;1-9,20,23H. The molecule has 0 bridgehead atoms. The van der Waals surface area contributed by atoms with Crippen LogP contribution in [0.15, 0.2) is 196 Å². The molecule has 107 heavy (non-hydrogen) atoms. The monoisotopic (exact) mass is 1460 g/mol. The number of alkyl halides is 6. The summed E-state index contributed by atoms with van der Waals surface area (Å²) in [6, 6.07) is 46.9. The first-order valence-electron chi connectivity index (χ1n) is 31.1. The summed E-state index contributed by atoms with van der Waals surface area (Å²) in [6.07, 6.45) is -8.93. The lowest BCUT2D eigenvalue weighted by Crippen LogP contribution is -2.13. The van der Waals surface area contributed by atoms with Crippen LogP contribution in [0, 0.1) is 64.5 Å². The minimum absolute atomic E-state index is 0.0257. The molecular weight excluding hydrogens is 1420 g/mol. The number of amides is 4. The van der Waals surface area contributed by atoms with Crippen molar-refractivity contribution in [3.8, 4) is 80.7 Å². The van der Waals surface area contributed by atoms with Gasteiger partial charge in [0.25, 0.3) is 23.6 Å². The number of aromatic amines is 4. The van der Waals surface area contributed by atoms with Crippen molar-refractivity contribution in [3.63, 3.8) is 0 Å². The number of fused-ring (bicyclic) bond motifs is 4. The fourth-order valence-electron chi connectivity index (χ4n) is 12.1. The van der Waals surface area contributed by atoms with Crippen molar-refractivity contribution in [2.45, 2.75) is 19.3 Å². The van der Waals surface area contributed by atoms with E-state index in [1.165, 1.54) is 72.8 Å². The third kappa shape index (κ3) is 13.0. The lowest BCUT2D eigenvalue weighted by molar-refractivity contribution is -0.138. The van der Waals surface area contributed by atoms with Gasteiger partial charge < -0.3 is 40.4 Å². The minimum Gasteiger partial charge on any atom is -0.494 e. The van der Waals surface area contributed by atoms with Crippen molar-refractivity contribution in [3.05, 3.63) is 305 Å². The highest BCUT2D eigenvalue weighted by molar-refractivity contribution is 6.33. The van der Waals surface area contributed by atoms with Crippen molar-refractivity contribution >= 4 is 46.5 Å². The number of carbonyl (C=O) groups excluding carboxylic acids is 4. The predicted octanol–water partition coefficient (Wildman–Crippen LogP) is 16.4. The van der Waals surface area contributed by atoms with E-state index in [0.29, 0.717) is 61.8 Å². The molecule has 0 aliphatic carbocycles. The summed E-state index contributed by atoms with van der Waals surface area (Å²) in [7, 11) is 0. The molecule has 0 saturated carbocycles. The molecule has 30 heteroatoms. The molecule has 0 saturated heterocycles. The van der Waals surface area contributed by atoms with Crippen LogP contribution in [0.4, 0.5) is 52.7 Å². The number of aromatic nitrogens is 4. The third-order valence-corrected chi connectivity index (χ3v) is 17.1. The van der Waals surface area contributed by atoms with E-state index < -0.39 is 98.9 Å². The van der Waals surface area contributed by atoms with Gasteiger partial charge in [0.2, 0.25) is 5.82 Å². The summed E-state index contributed by atoms with van der Waals surface area (Å²) in [5.74, 6) is -15.6. The van der Waals surface area contributed by atoms with Crippen LogP contribution in [0.1, 0.15) is 114 Å². The number of nitrogens with zero attached hydrogens (tertiary/aromatic N) is 6. The van der Waals surface area contributed by atoms with Gasteiger partial charge >= 0.3 is 12.4 Å². The molecule has 8 heterocycles. The van der Waals surface area contributed by atoms with Gasteiger partial charge in [-0.25, -0.2) is 46.3 Å². The molecule has 8 aromatic carbocycles. The zero-order chi connectivity index (χ0) is 76.4. The quantitative estimate of drug-likeness (QED) is 0.0404. The van der Waals surface area contributed by atoms with E-state index in [1.54, 1.807) is 36.4 Å². The van der Waals surface area contributed by atoms with Crippen molar-refractivity contribution < 1.29 is 92.3 Å². The second-order valence-corrected chi connectivity index (χ2v) is 23.7. The third-order valence-electron chi connectivity index (χ3n) is 17.1. The summed E-state index contributed by atoms with van der Waals surface area (Å²) >= 11 is 0. The van der Waals surface area contributed by atoms with Crippen molar-refractivity contribution in [1.82, 2.24) is 19.9 Å². The van der Waals surface area contributed by atoms with Crippen molar-refractivity contribution in [1.29, 1.82) is 10.5 Å². The van der Waals surface area contributed by atoms with Crippen LogP contribution in [0.5, 0.6) is 23.5 Å². The number of nitrogens with one attached hydrogen (secondary N) is 4. The predicted molar refractivity (Wildman–Crippen MR) is 361 cm³/mol. The summed E-state index contributed by atoms with van der Waals surface area (Å²) in [5.41, 5.74) is 3.46. The number of rotatable bonds is 8. The second-order valence-electron chi connectivity index (χ2n) is 23.7. The Morgan fingerprint density at radius 3 is 0.972 bits per heavy atom. The van der Waals surface area contributed by atoms with Crippen molar-refractivity contribution in [2.75, 3.05) is 0 Å². The Labute approximate surface area is 592 Å². The number of benzene rings is 8. The number of aromatic hydroxyl groups is 4. The number of nitriles is 2. The van der Waals surface area contributed by atoms with E-state index in [9.17, 15) is 92.3 Å². The van der Waals surface area contributed by atoms with Gasteiger partial charge in [-0.2, -0.15) is 36.9 Å². The smallest absolute Gasteiger partial charge is 0.416 e. The Hall–Kier alpha value is -14.4. The number of H-pyrrole nitrogens is 4. The molecule has 530 valence electrons. The molecule has 0 atom stereocenters. The molecule has 0 spiro atoms. The van der Waals surface area contributed by atoms with Gasteiger partial charge in [0.1, 0.15) is 5.82 Å². The number of halogens is 12. The summed E-state index contributed by atoms with van der Waals surface area (Å²) < 4.78 is 159. The highest BCUT2D eigenvalue weighted by Crippen LogP contribution is 2.44. The molecule has 12 aromatic rings. The van der Waals surface area contributed by atoms with Gasteiger partial charge in [0, 0.05) is 27.8 Å². The van der Waals surface area contributed by atoms with E-state index in [1.807, 2.05) is 61.5 Å². The van der Waals surface area contributed by atoms with Gasteiger partial charge in [-0.3, -0.25) is 19.2 Å². The van der Waals surface area contributed by atoms with Crippen LogP contribution in [0.2, 0.25) is 0 Å². The van der Waals surface area contributed by atoms with E-state index in [4.69, 9.17) is 10.5 Å². The van der Waals surface area contributed by atoms with Crippen LogP contribution in [-0.2, 0) is 12.4 Å². The maximum absolute atomic E-state index is 14.2. The number of aliphatic imine (C=N–C) groups is 4. The molecule has 18 nitrogen and oxygen atoms in total. The summed E-state index contributed by atoms with van der Waals surface area (Å²) in [4.78, 5) is 75.7. The Kier molecular flexibility index (Phi) is 18.2. The number of hydrogen-bond acceptors (Lipinski definition) is 10. The number of hydrogen-bond donors (Lipinski definition) is 8. The Bertz CT molecular complexity index is 5930. The van der Waals surface area contributed by atoms with Gasteiger partial charge in [-0.1, -0.05) is 109 Å². The van der Waals surface area contributed by atoms with Gasteiger partial charge in [-0.15, -0.1) is 0 Å². The van der Waals surface area contributed by atoms with Crippen LogP contribution in [0.25, 0.3) is 45.0 Å². The van der Waals surface area contributed by atoms with E-state index in [2.05, 4.69) is 39.9 Å². The summed E-state index contributed by atoms with van der Waals surface area (Å²) in [6.45, 7) is 1.92. The molecule has 8 N–H and O–H groups in total. The fraction of sp³-hybridized carbons (Fsp3) is 0.0390. The van der Waals surface area contributed by atoms with Crippen LogP contribution >= 0.6 is 0 Å². The van der Waals surface area contributed by atoms with Gasteiger partial charge in [-0.05, 0) is 90.8 Å². The number of aryl methyl sites for hydroxylation is 1. The largest absolute Gasteiger partial charge is 0.494 e. The number of carbonyl (C=O) groups is 4. The van der Waals surface area contributed by atoms with Crippen LogP contribution < -0.4 is 0 Å². The molecule has 4 amide bonds. The highest BCUT2D eigenvalue weighted by Gasteiger charge is 2.41. The lowest BCUT2D eigenvalue weighted by atomic mass is 9.98. The normalized spacial score (nSPS) is 13.1. The van der Waals surface area contributed by atoms with E-state index in [0.717, 1.165) is 35.4 Å².